The number of hydrogen-bond acceptors (Lipinski definition) is 6. The van der Waals surface area contributed by atoms with Gasteiger partial charge in [0.25, 0.3) is 5.91 Å². The minimum absolute atomic E-state index is 0.0318. The van der Waals surface area contributed by atoms with Crippen molar-refractivity contribution in [2.24, 2.45) is 27.0 Å². The first-order chi connectivity index (χ1) is 18.2. The number of carbonyl (C=O) groups excluding carboxylic acids is 1. The summed E-state index contributed by atoms with van der Waals surface area (Å²) in [7, 11) is 0. The third-order valence-electron chi connectivity index (χ3n) is 8.66. The van der Waals surface area contributed by atoms with Gasteiger partial charge >= 0.3 is 0 Å². The van der Waals surface area contributed by atoms with E-state index in [0.717, 1.165) is 18.6 Å². The Hall–Kier alpha value is -2.74. The summed E-state index contributed by atoms with van der Waals surface area (Å²) >= 11 is 14.0. The molecule has 0 N–H and O–H groups in total. The van der Waals surface area contributed by atoms with Crippen LogP contribution in [0.1, 0.15) is 51.6 Å². The minimum atomic E-state index is -0.182. The van der Waals surface area contributed by atoms with Crippen molar-refractivity contribution >= 4 is 57.8 Å². The summed E-state index contributed by atoms with van der Waals surface area (Å²) < 4.78 is 11.5. The molecule has 2 aromatic heterocycles. The third kappa shape index (κ3) is 4.16. The van der Waals surface area contributed by atoms with Gasteiger partial charge in [-0.05, 0) is 78.8 Å². The molecule has 1 saturated heterocycles. The first kappa shape index (κ1) is 25.5. The Morgan fingerprint density at radius 1 is 1.11 bits per heavy atom. The lowest BCUT2D eigenvalue weighted by molar-refractivity contribution is -0.122. The van der Waals surface area contributed by atoms with Gasteiger partial charge in [0.15, 0.2) is 5.17 Å². The van der Waals surface area contributed by atoms with Crippen LogP contribution in [0, 0.1) is 16.7 Å². The van der Waals surface area contributed by atoms with Crippen LogP contribution in [0.5, 0.6) is 0 Å². The molecule has 3 aromatic rings. The molecule has 9 heteroatoms. The highest BCUT2D eigenvalue weighted by atomic mass is 35.5. The molecule has 1 aromatic carbocycles. The smallest absolute Gasteiger partial charge is 0.267 e. The second-order valence-electron chi connectivity index (χ2n) is 10.8. The average Bonchev–Trinajstić information content (AvgIpc) is 3.67. The van der Waals surface area contributed by atoms with Gasteiger partial charge in [0.05, 0.1) is 33.3 Å². The van der Waals surface area contributed by atoms with E-state index >= 15 is 0 Å². The zero-order chi connectivity index (χ0) is 26.7. The molecule has 1 aliphatic heterocycles. The number of furan rings is 2. The number of amidine groups is 1. The quantitative estimate of drug-likeness (QED) is 0.229. The van der Waals surface area contributed by atoms with Crippen LogP contribution in [0.25, 0.3) is 17.4 Å². The van der Waals surface area contributed by atoms with E-state index in [1.807, 2.05) is 6.07 Å². The molecule has 3 fully saturated rings. The van der Waals surface area contributed by atoms with Gasteiger partial charge in [0.1, 0.15) is 17.3 Å². The SMILES string of the molecule is CC12CCC(C/C1=N\N=C1\S/C(=C\c3ccc(-c4c(Cl)cccc4Cl)o3)C(=O)N1Cc1ccco1)C2(C)C. The topological polar surface area (TPSA) is 71.3 Å². The van der Waals surface area contributed by atoms with Gasteiger partial charge < -0.3 is 8.83 Å². The van der Waals surface area contributed by atoms with E-state index in [1.54, 1.807) is 53.6 Å². The Morgan fingerprint density at radius 3 is 2.55 bits per heavy atom. The fraction of sp³-hybridized carbons (Fsp3) is 0.345. The Bertz CT molecular complexity index is 1480. The Balaban J connectivity index is 1.32. The van der Waals surface area contributed by atoms with Crippen LogP contribution in [0.2, 0.25) is 10.0 Å². The van der Waals surface area contributed by atoms with E-state index in [9.17, 15) is 4.79 Å². The monoisotopic (exact) mass is 567 g/mol. The fourth-order valence-electron chi connectivity index (χ4n) is 5.89. The van der Waals surface area contributed by atoms with Gasteiger partial charge in [-0.3, -0.25) is 9.69 Å². The average molecular weight is 569 g/mol. The Kier molecular flexibility index (Phi) is 6.36. The van der Waals surface area contributed by atoms with Crippen molar-refractivity contribution in [2.45, 2.75) is 46.6 Å². The first-order valence-corrected chi connectivity index (χ1v) is 14.2. The molecule has 2 bridgehead atoms. The molecule has 3 heterocycles. The van der Waals surface area contributed by atoms with Gasteiger partial charge in [-0.1, -0.05) is 50.0 Å². The summed E-state index contributed by atoms with van der Waals surface area (Å²) in [5, 5.41) is 10.9. The Labute approximate surface area is 235 Å². The number of thioether (sulfide) groups is 1. The molecule has 0 radical (unpaired) electrons. The number of halogens is 2. The summed E-state index contributed by atoms with van der Waals surface area (Å²) in [4.78, 5) is 15.6. The lowest BCUT2D eigenvalue weighted by atomic mass is 9.70. The predicted octanol–water partition coefficient (Wildman–Crippen LogP) is 8.52. The van der Waals surface area contributed by atoms with Crippen molar-refractivity contribution in [2.75, 3.05) is 0 Å². The first-order valence-electron chi connectivity index (χ1n) is 12.6. The summed E-state index contributed by atoms with van der Waals surface area (Å²) in [5.74, 6) is 2.15. The number of fused-ring (bicyclic) bond motifs is 2. The van der Waals surface area contributed by atoms with Gasteiger partial charge in [-0.15, -0.1) is 5.10 Å². The van der Waals surface area contributed by atoms with Gasteiger partial charge in [-0.25, -0.2) is 0 Å². The van der Waals surface area contributed by atoms with Gasteiger partial charge in [0.2, 0.25) is 0 Å². The van der Waals surface area contributed by atoms with E-state index in [4.69, 9.17) is 37.1 Å². The number of carbonyl (C=O) groups is 1. The molecular weight excluding hydrogens is 541 g/mol. The van der Waals surface area contributed by atoms with Crippen molar-refractivity contribution < 1.29 is 13.6 Å². The molecule has 196 valence electrons. The number of benzene rings is 1. The van der Waals surface area contributed by atoms with E-state index in [-0.39, 0.29) is 23.3 Å². The van der Waals surface area contributed by atoms with E-state index in [0.29, 0.717) is 48.9 Å². The summed E-state index contributed by atoms with van der Waals surface area (Å²) in [6.07, 6.45) is 6.62. The Morgan fingerprint density at radius 2 is 1.89 bits per heavy atom. The molecule has 6 nitrogen and oxygen atoms in total. The largest absolute Gasteiger partial charge is 0.467 e. The van der Waals surface area contributed by atoms with Crippen molar-refractivity contribution in [3.05, 3.63) is 75.2 Å². The highest BCUT2D eigenvalue weighted by Gasteiger charge is 2.60. The van der Waals surface area contributed by atoms with Crippen LogP contribution in [0.15, 0.2) is 72.7 Å². The van der Waals surface area contributed by atoms with Crippen LogP contribution in [-0.2, 0) is 11.3 Å². The number of nitrogens with zero attached hydrogens (tertiary/aromatic N) is 3. The third-order valence-corrected chi connectivity index (χ3v) is 10.3. The molecule has 38 heavy (non-hydrogen) atoms. The van der Waals surface area contributed by atoms with Crippen molar-refractivity contribution in [1.82, 2.24) is 4.90 Å². The molecule has 2 aliphatic carbocycles. The van der Waals surface area contributed by atoms with Crippen LogP contribution < -0.4 is 0 Å². The maximum atomic E-state index is 13.5. The van der Waals surface area contributed by atoms with Gasteiger partial charge in [0, 0.05) is 17.2 Å². The standard InChI is InChI=1S/C29H27Cl2N3O3S/c1-28(2)17-11-12-29(28,3)24(14-17)32-33-27-34(16-19-6-5-13-36-19)26(35)23(38-27)15-18-9-10-22(37-18)25-20(30)7-4-8-21(25)31/h4-10,13,15,17H,11-12,14,16H2,1-3H3/b23-15-,32-24+,33-27+. The molecule has 0 spiro atoms. The van der Waals surface area contributed by atoms with E-state index < -0.39 is 0 Å². The maximum absolute atomic E-state index is 13.5. The molecule has 2 atom stereocenters. The summed E-state index contributed by atoms with van der Waals surface area (Å²) in [6.45, 7) is 7.25. The number of hydrogen-bond donors (Lipinski definition) is 0. The lowest BCUT2D eigenvalue weighted by Crippen LogP contribution is -2.32. The molecule has 2 saturated carbocycles. The van der Waals surface area contributed by atoms with Crippen LogP contribution in [0.4, 0.5) is 0 Å². The molecule has 3 aliphatic rings. The van der Waals surface area contributed by atoms with Gasteiger partial charge in [-0.2, -0.15) is 5.10 Å². The zero-order valence-corrected chi connectivity index (χ0v) is 23.7. The van der Waals surface area contributed by atoms with Crippen molar-refractivity contribution in [3.8, 4) is 11.3 Å². The fourth-order valence-corrected chi connectivity index (χ4v) is 7.38. The second-order valence-corrected chi connectivity index (χ2v) is 12.6. The number of amides is 1. The molecule has 6 rings (SSSR count). The van der Waals surface area contributed by atoms with Crippen molar-refractivity contribution in [1.29, 1.82) is 0 Å². The highest BCUT2D eigenvalue weighted by molar-refractivity contribution is 8.18. The normalized spacial score (nSPS) is 27.5. The molecule has 1 amide bonds. The zero-order valence-electron chi connectivity index (χ0n) is 21.3. The van der Waals surface area contributed by atoms with Crippen LogP contribution in [-0.4, -0.2) is 21.7 Å². The highest BCUT2D eigenvalue weighted by Crippen LogP contribution is 2.64. The van der Waals surface area contributed by atoms with Crippen LogP contribution >= 0.6 is 35.0 Å². The van der Waals surface area contributed by atoms with E-state index in [1.165, 1.54) is 18.2 Å². The second kappa shape index (κ2) is 9.47. The molecule has 2 unspecified atom stereocenters. The molecular formula is C29H27Cl2N3O3S. The summed E-state index contributed by atoms with van der Waals surface area (Å²) in [5.41, 5.74) is 1.97. The lowest BCUT2D eigenvalue weighted by Gasteiger charge is -2.34. The van der Waals surface area contributed by atoms with Crippen LogP contribution in [0.3, 0.4) is 0 Å². The van der Waals surface area contributed by atoms with E-state index in [2.05, 4.69) is 25.9 Å². The maximum Gasteiger partial charge on any atom is 0.267 e. The summed E-state index contributed by atoms with van der Waals surface area (Å²) in [6, 6.07) is 12.5. The minimum Gasteiger partial charge on any atom is -0.467 e. The van der Waals surface area contributed by atoms with Crippen molar-refractivity contribution in [3.63, 3.8) is 0 Å². The predicted molar refractivity (Wildman–Crippen MR) is 153 cm³/mol. The number of rotatable bonds is 5.